The average Bonchev–Trinajstić information content (AvgIpc) is 3.03. The molecule has 20 heavy (non-hydrogen) atoms. The van der Waals surface area contributed by atoms with E-state index < -0.39 is 4.33 Å². The van der Waals surface area contributed by atoms with Crippen LogP contribution in [-0.4, -0.2) is 47.2 Å². The molecule has 0 aromatic heterocycles. The van der Waals surface area contributed by atoms with Crippen molar-refractivity contribution in [3.63, 3.8) is 0 Å². The van der Waals surface area contributed by atoms with E-state index in [0.717, 1.165) is 29.8 Å². The lowest BCUT2D eigenvalue weighted by atomic mass is 10.1. The monoisotopic (exact) mass is 331 g/mol. The Morgan fingerprint density at radius 2 is 1.95 bits per heavy atom. The van der Waals surface area contributed by atoms with Crippen LogP contribution >= 0.6 is 35.0 Å². The van der Waals surface area contributed by atoms with Crippen LogP contribution in [0, 0.1) is 0 Å². The van der Waals surface area contributed by atoms with Crippen LogP contribution < -0.4 is 0 Å². The van der Waals surface area contributed by atoms with E-state index in [1.807, 2.05) is 38.4 Å². The largest absolute Gasteiger partial charge is 0.309 e. The van der Waals surface area contributed by atoms with Crippen molar-refractivity contribution in [1.29, 1.82) is 0 Å². The number of ketones is 1. The van der Waals surface area contributed by atoms with Crippen LogP contribution in [0.15, 0.2) is 24.3 Å². The summed E-state index contributed by atoms with van der Waals surface area (Å²) in [7, 11) is 4.07. The standard InChI is InChI=1S/C15H19Cl2NOS/c1-18(2)7-8-20-10-14(19)12-5-3-11(4-6-12)13-9-15(13,16)17/h3-6,13H,7-10H2,1-2H3. The van der Waals surface area contributed by atoms with Crippen molar-refractivity contribution in [1.82, 2.24) is 4.90 Å². The van der Waals surface area contributed by atoms with E-state index in [2.05, 4.69) is 4.90 Å². The van der Waals surface area contributed by atoms with E-state index in [-0.39, 0.29) is 11.7 Å². The Balaban J connectivity index is 1.82. The zero-order valence-corrected chi connectivity index (χ0v) is 14.1. The van der Waals surface area contributed by atoms with Crippen molar-refractivity contribution >= 4 is 40.7 Å². The van der Waals surface area contributed by atoms with Gasteiger partial charge in [-0.1, -0.05) is 24.3 Å². The highest BCUT2D eigenvalue weighted by Crippen LogP contribution is 2.59. The summed E-state index contributed by atoms with van der Waals surface area (Å²) in [4.78, 5) is 14.1. The highest BCUT2D eigenvalue weighted by atomic mass is 35.5. The lowest BCUT2D eigenvalue weighted by Crippen LogP contribution is -2.15. The Morgan fingerprint density at radius 1 is 1.35 bits per heavy atom. The van der Waals surface area contributed by atoms with Crippen molar-refractivity contribution in [3.05, 3.63) is 35.4 Å². The first-order chi connectivity index (χ1) is 9.40. The molecule has 1 unspecified atom stereocenters. The minimum absolute atomic E-state index is 0.180. The third-order valence-corrected chi connectivity index (χ3v) is 5.15. The van der Waals surface area contributed by atoms with Crippen LogP contribution in [0.2, 0.25) is 0 Å². The third kappa shape index (κ3) is 4.39. The summed E-state index contributed by atoms with van der Waals surface area (Å²) in [5.41, 5.74) is 1.88. The zero-order valence-electron chi connectivity index (χ0n) is 11.7. The zero-order chi connectivity index (χ0) is 14.8. The van der Waals surface area contributed by atoms with Crippen LogP contribution in [0.4, 0.5) is 0 Å². The van der Waals surface area contributed by atoms with Crippen molar-refractivity contribution in [2.24, 2.45) is 0 Å². The molecule has 0 spiro atoms. The van der Waals surface area contributed by atoms with Gasteiger partial charge in [0.2, 0.25) is 0 Å². The van der Waals surface area contributed by atoms with Crippen molar-refractivity contribution < 1.29 is 4.79 Å². The molecule has 0 N–H and O–H groups in total. The minimum atomic E-state index is -0.604. The Morgan fingerprint density at radius 3 is 2.45 bits per heavy atom. The molecule has 0 saturated heterocycles. The summed E-state index contributed by atoms with van der Waals surface area (Å²) < 4.78 is -0.604. The van der Waals surface area contributed by atoms with Crippen LogP contribution in [0.25, 0.3) is 0 Å². The fraction of sp³-hybridized carbons (Fsp3) is 0.533. The highest BCUT2D eigenvalue weighted by molar-refractivity contribution is 8.00. The van der Waals surface area contributed by atoms with E-state index in [1.54, 1.807) is 11.8 Å². The van der Waals surface area contributed by atoms with E-state index in [4.69, 9.17) is 23.2 Å². The van der Waals surface area contributed by atoms with Gasteiger partial charge >= 0.3 is 0 Å². The first kappa shape index (κ1) is 16.2. The lowest BCUT2D eigenvalue weighted by molar-refractivity contribution is 0.102. The molecule has 1 aromatic carbocycles. The SMILES string of the molecule is CN(C)CCSCC(=O)c1ccc(C2CC2(Cl)Cl)cc1. The Bertz CT molecular complexity index is 473. The maximum absolute atomic E-state index is 12.0. The fourth-order valence-corrected chi connectivity index (χ4v) is 3.52. The summed E-state index contributed by atoms with van der Waals surface area (Å²) in [6.07, 6.45) is 0.795. The maximum atomic E-state index is 12.0. The number of Topliss-reactive ketones (excluding diaryl/α,β-unsaturated/α-hetero) is 1. The second kappa shape index (κ2) is 6.69. The molecule has 2 rings (SSSR count). The van der Waals surface area contributed by atoms with Gasteiger partial charge in [0.15, 0.2) is 5.78 Å². The van der Waals surface area contributed by atoms with Crippen LogP contribution in [0.5, 0.6) is 0 Å². The van der Waals surface area contributed by atoms with Gasteiger partial charge in [-0.25, -0.2) is 0 Å². The quantitative estimate of drug-likeness (QED) is 0.430. The summed E-state index contributed by atoms with van der Waals surface area (Å²) in [5.74, 6) is 1.90. The summed E-state index contributed by atoms with van der Waals surface area (Å²) in [6.45, 7) is 0.992. The van der Waals surface area contributed by atoms with Crippen molar-refractivity contribution in [2.45, 2.75) is 16.7 Å². The van der Waals surface area contributed by atoms with Gasteiger partial charge in [0.1, 0.15) is 4.33 Å². The number of benzene rings is 1. The molecule has 1 saturated carbocycles. The highest BCUT2D eigenvalue weighted by Gasteiger charge is 2.52. The molecule has 5 heteroatoms. The van der Waals surface area contributed by atoms with Gasteiger partial charge in [0.05, 0.1) is 5.75 Å². The molecule has 1 aliphatic rings. The molecule has 2 nitrogen and oxygen atoms in total. The van der Waals surface area contributed by atoms with E-state index in [9.17, 15) is 4.79 Å². The topological polar surface area (TPSA) is 20.3 Å². The lowest BCUT2D eigenvalue weighted by Gasteiger charge is -2.08. The van der Waals surface area contributed by atoms with Gasteiger partial charge in [0, 0.05) is 23.8 Å². The van der Waals surface area contributed by atoms with E-state index in [0.29, 0.717) is 5.75 Å². The number of carbonyl (C=O) groups is 1. The smallest absolute Gasteiger partial charge is 0.172 e. The number of halogens is 2. The third-order valence-electron chi connectivity index (χ3n) is 3.38. The van der Waals surface area contributed by atoms with Crippen LogP contribution in [-0.2, 0) is 0 Å². The van der Waals surface area contributed by atoms with Crippen LogP contribution in [0.1, 0.15) is 28.3 Å². The number of nitrogens with zero attached hydrogens (tertiary/aromatic N) is 1. The molecular formula is C15H19Cl2NOS. The normalized spacial score (nSPS) is 20.1. The summed E-state index contributed by atoms with van der Waals surface area (Å²) in [6, 6.07) is 7.70. The van der Waals surface area contributed by atoms with Gasteiger partial charge in [-0.3, -0.25) is 4.79 Å². The molecule has 0 bridgehead atoms. The predicted octanol–water partition coefficient (Wildman–Crippen LogP) is 3.83. The summed E-state index contributed by atoms with van der Waals surface area (Å²) in [5, 5.41) is 0. The molecule has 0 amide bonds. The number of hydrogen-bond acceptors (Lipinski definition) is 3. The van der Waals surface area contributed by atoms with Gasteiger partial charge in [-0.05, 0) is 26.1 Å². The van der Waals surface area contributed by atoms with Crippen molar-refractivity contribution in [3.8, 4) is 0 Å². The fourth-order valence-electron chi connectivity index (χ4n) is 1.97. The van der Waals surface area contributed by atoms with E-state index >= 15 is 0 Å². The van der Waals surface area contributed by atoms with E-state index in [1.165, 1.54) is 0 Å². The predicted molar refractivity (Wildman–Crippen MR) is 88.4 cm³/mol. The molecule has 1 atom stereocenters. The maximum Gasteiger partial charge on any atom is 0.172 e. The molecule has 0 heterocycles. The molecule has 1 fully saturated rings. The van der Waals surface area contributed by atoms with Gasteiger partial charge in [-0.15, -0.1) is 23.2 Å². The second-order valence-electron chi connectivity index (χ2n) is 5.42. The first-order valence-corrected chi connectivity index (χ1v) is 8.54. The molecular weight excluding hydrogens is 313 g/mol. The Labute approximate surface area is 134 Å². The Hall–Kier alpha value is -0.220. The van der Waals surface area contributed by atoms with Crippen molar-refractivity contribution in [2.75, 3.05) is 32.1 Å². The second-order valence-corrected chi connectivity index (χ2v) is 8.07. The molecule has 110 valence electrons. The first-order valence-electron chi connectivity index (χ1n) is 6.63. The Kier molecular flexibility index (Phi) is 5.41. The summed E-state index contributed by atoms with van der Waals surface area (Å²) >= 11 is 13.8. The van der Waals surface area contributed by atoms with Gasteiger partial charge in [-0.2, -0.15) is 11.8 Å². The van der Waals surface area contributed by atoms with Gasteiger partial charge in [0.25, 0.3) is 0 Å². The number of alkyl halides is 2. The number of rotatable bonds is 7. The molecule has 0 radical (unpaired) electrons. The molecule has 1 aromatic rings. The number of hydrogen-bond donors (Lipinski definition) is 0. The number of carbonyl (C=O) groups excluding carboxylic acids is 1. The van der Waals surface area contributed by atoms with Crippen LogP contribution in [0.3, 0.4) is 0 Å². The molecule has 0 aliphatic heterocycles. The molecule has 1 aliphatic carbocycles. The number of thioether (sulfide) groups is 1. The minimum Gasteiger partial charge on any atom is -0.309 e. The van der Waals surface area contributed by atoms with Gasteiger partial charge < -0.3 is 4.90 Å². The average molecular weight is 332 g/mol.